The fraction of sp³-hybridized carbons (Fsp3) is 0.636. The maximum atomic E-state index is 9.42. The minimum Gasteiger partial charge on any atom is -0.495 e. The second kappa shape index (κ2) is 5.23. The van der Waals surface area contributed by atoms with Crippen LogP contribution >= 0.6 is 0 Å². The summed E-state index contributed by atoms with van der Waals surface area (Å²) in [6.07, 6.45) is 1.76. The Balaban J connectivity index is 1.73. The summed E-state index contributed by atoms with van der Waals surface area (Å²) < 4.78 is 5.27. The minimum absolute atomic E-state index is 0.0267. The highest BCUT2D eigenvalue weighted by atomic mass is 16.5. The molecule has 90 valence electrons. The van der Waals surface area contributed by atoms with E-state index in [1.54, 1.807) is 6.07 Å². The Morgan fingerprint density at radius 1 is 1.31 bits per heavy atom. The van der Waals surface area contributed by atoms with Gasteiger partial charge in [0.1, 0.15) is 0 Å². The van der Waals surface area contributed by atoms with Gasteiger partial charge in [0, 0.05) is 24.7 Å². The van der Waals surface area contributed by atoms with Crippen molar-refractivity contribution in [3.63, 3.8) is 0 Å². The van der Waals surface area contributed by atoms with E-state index in [4.69, 9.17) is 9.84 Å². The Morgan fingerprint density at radius 2 is 2.06 bits per heavy atom. The molecule has 0 spiro atoms. The Morgan fingerprint density at radius 3 is 2.69 bits per heavy atom. The van der Waals surface area contributed by atoms with Crippen molar-refractivity contribution in [3.8, 4) is 11.8 Å². The molecule has 2 rings (SSSR count). The first-order valence-electron chi connectivity index (χ1n) is 5.65. The largest absolute Gasteiger partial charge is 0.495 e. The van der Waals surface area contributed by atoms with E-state index in [0.29, 0.717) is 0 Å². The summed E-state index contributed by atoms with van der Waals surface area (Å²) in [7, 11) is 0. The first kappa shape index (κ1) is 11.3. The SMILES string of the molecule is Oc1cc(CCCN2CCOCC2)c(O)[nH]1. The molecule has 16 heavy (non-hydrogen) atoms. The highest BCUT2D eigenvalue weighted by Gasteiger charge is 2.11. The van der Waals surface area contributed by atoms with Crippen LogP contribution in [0.4, 0.5) is 0 Å². The van der Waals surface area contributed by atoms with Crippen LogP contribution in [0.3, 0.4) is 0 Å². The van der Waals surface area contributed by atoms with Crippen LogP contribution in [0.25, 0.3) is 0 Å². The van der Waals surface area contributed by atoms with Gasteiger partial charge in [-0.25, -0.2) is 0 Å². The number of aromatic hydroxyl groups is 2. The van der Waals surface area contributed by atoms with Crippen LogP contribution in [0.1, 0.15) is 12.0 Å². The number of nitrogens with zero attached hydrogens (tertiary/aromatic N) is 1. The minimum atomic E-state index is 0.0267. The first-order valence-corrected chi connectivity index (χ1v) is 5.65. The van der Waals surface area contributed by atoms with Gasteiger partial charge in [0.2, 0.25) is 0 Å². The Kier molecular flexibility index (Phi) is 3.69. The Labute approximate surface area is 94.7 Å². The Hall–Kier alpha value is -1.20. The predicted molar refractivity (Wildman–Crippen MR) is 59.7 cm³/mol. The number of aromatic nitrogens is 1. The molecule has 0 atom stereocenters. The van der Waals surface area contributed by atoms with Gasteiger partial charge < -0.3 is 14.9 Å². The zero-order chi connectivity index (χ0) is 11.4. The van der Waals surface area contributed by atoms with E-state index in [9.17, 15) is 5.11 Å². The molecule has 0 unspecified atom stereocenters. The molecule has 5 nitrogen and oxygen atoms in total. The van der Waals surface area contributed by atoms with E-state index >= 15 is 0 Å². The molecular formula is C11H18N2O3. The van der Waals surface area contributed by atoms with Gasteiger partial charge in [-0.3, -0.25) is 9.88 Å². The van der Waals surface area contributed by atoms with Gasteiger partial charge in [0.15, 0.2) is 11.8 Å². The van der Waals surface area contributed by atoms with Gasteiger partial charge in [-0.05, 0) is 19.4 Å². The van der Waals surface area contributed by atoms with Crippen LogP contribution in [0.5, 0.6) is 11.8 Å². The summed E-state index contributed by atoms with van der Waals surface area (Å²) >= 11 is 0. The third kappa shape index (κ3) is 2.90. The van der Waals surface area contributed by atoms with E-state index < -0.39 is 0 Å². The lowest BCUT2D eigenvalue weighted by Gasteiger charge is -2.26. The highest BCUT2D eigenvalue weighted by molar-refractivity contribution is 5.32. The third-order valence-corrected chi connectivity index (χ3v) is 2.89. The summed E-state index contributed by atoms with van der Waals surface area (Å²) in [5, 5.41) is 18.6. The van der Waals surface area contributed by atoms with Gasteiger partial charge >= 0.3 is 0 Å². The summed E-state index contributed by atoms with van der Waals surface area (Å²) in [5.74, 6) is 0.110. The van der Waals surface area contributed by atoms with Crippen LogP contribution < -0.4 is 0 Å². The molecule has 0 amide bonds. The van der Waals surface area contributed by atoms with Gasteiger partial charge in [-0.1, -0.05) is 0 Å². The summed E-state index contributed by atoms with van der Waals surface area (Å²) in [5.41, 5.74) is 0.783. The molecule has 0 aromatic carbocycles. The summed E-state index contributed by atoms with van der Waals surface area (Å²) in [6.45, 7) is 4.62. The van der Waals surface area contributed by atoms with Gasteiger partial charge in [0.05, 0.1) is 13.2 Å². The van der Waals surface area contributed by atoms with E-state index in [0.717, 1.165) is 51.3 Å². The molecule has 0 radical (unpaired) electrons. The lowest BCUT2D eigenvalue weighted by atomic mass is 10.1. The number of aromatic amines is 1. The summed E-state index contributed by atoms with van der Waals surface area (Å²) in [4.78, 5) is 4.83. The second-order valence-corrected chi connectivity index (χ2v) is 4.09. The zero-order valence-electron chi connectivity index (χ0n) is 9.28. The molecule has 2 heterocycles. The maximum Gasteiger partial charge on any atom is 0.194 e. The molecule has 0 saturated carbocycles. The van der Waals surface area contributed by atoms with Crippen molar-refractivity contribution in [2.75, 3.05) is 32.8 Å². The van der Waals surface area contributed by atoms with Crippen molar-refractivity contribution < 1.29 is 14.9 Å². The molecule has 1 aromatic rings. The van der Waals surface area contributed by atoms with Gasteiger partial charge in [-0.2, -0.15) is 0 Å². The lowest BCUT2D eigenvalue weighted by molar-refractivity contribution is 0.0374. The fourth-order valence-electron chi connectivity index (χ4n) is 1.98. The molecular weight excluding hydrogens is 208 g/mol. The fourth-order valence-corrected chi connectivity index (χ4v) is 1.98. The van der Waals surface area contributed by atoms with Crippen molar-refractivity contribution in [3.05, 3.63) is 11.6 Å². The number of nitrogens with one attached hydrogen (secondary N) is 1. The molecule has 1 fully saturated rings. The lowest BCUT2D eigenvalue weighted by Crippen LogP contribution is -2.36. The molecule has 1 aliphatic rings. The monoisotopic (exact) mass is 226 g/mol. The van der Waals surface area contributed by atoms with E-state index in [1.807, 2.05) is 0 Å². The highest BCUT2D eigenvalue weighted by Crippen LogP contribution is 2.22. The molecule has 1 aromatic heterocycles. The van der Waals surface area contributed by atoms with Crippen LogP contribution in [0, 0.1) is 0 Å². The second-order valence-electron chi connectivity index (χ2n) is 4.09. The number of H-pyrrole nitrogens is 1. The van der Waals surface area contributed by atoms with Crippen molar-refractivity contribution in [1.82, 2.24) is 9.88 Å². The van der Waals surface area contributed by atoms with Crippen molar-refractivity contribution in [1.29, 1.82) is 0 Å². The molecule has 5 heteroatoms. The van der Waals surface area contributed by atoms with Crippen molar-refractivity contribution >= 4 is 0 Å². The average Bonchev–Trinajstić information content (AvgIpc) is 2.59. The standard InChI is InChI=1S/C11H18N2O3/c14-10-8-9(11(15)12-10)2-1-3-13-4-6-16-7-5-13/h8,12,14-15H,1-7H2. The smallest absolute Gasteiger partial charge is 0.194 e. The zero-order valence-corrected chi connectivity index (χ0v) is 9.28. The quantitative estimate of drug-likeness (QED) is 0.706. The molecule has 0 aliphatic carbocycles. The molecule has 3 N–H and O–H groups in total. The van der Waals surface area contributed by atoms with Gasteiger partial charge in [0.25, 0.3) is 0 Å². The van der Waals surface area contributed by atoms with Crippen LogP contribution in [0.15, 0.2) is 6.07 Å². The van der Waals surface area contributed by atoms with E-state index in [1.165, 1.54) is 0 Å². The third-order valence-electron chi connectivity index (χ3n) is 2.89. The number of rotatable bonds is 4. The van der Waals surface area contributed by atoms with Crippen molar-refractivity contribution in [2.45, 2.75) is 12.8 Å². The number of morpholine rings is 1. The topological polar surface area (TPSA) is 68.7 Å². The Bertz CT molecular complexity index is 332. The number of ether oxygens (including phenoxy) is 1. The maximum absolute atomic E-state index is 9.42. The molecule has 1 aliphatic heterocycles. The number of hydrogen-bond acceptors (Lipinski definition) is 4. The van der Waals surface area contributed by atoms with E-state index in [-0.39, 0.29) is 11.8 Å². The molecule has 1 saturated heterocycles. The van der Waals surface area contributed by atoms with Crippen LogP contribution in [-0.4, -0.2) is 52.9 Å². The molecule has 0 bridgehead atoms. The number of aryl methyl sites for hydroxylation is 1. The summed E-state index contributed by atoms with van der Waals surface area (Å²) in [6, 6.07) is 1.58. The van der Waals surface area contributed by atoms with Gasteiger partial charge in [-0.15, -0.1) is 0 Å². The first-order chi connectivity index (χ1) is 7.75. The predicted octanol–water partition coefficient (Wildman–Crippen LogP) is 0.691. The normalized spacial score (nSPS) is 17.8. The van der Waals surface area contributed by atoms with Crippen molar-refractivity contribution in [2.24, 2.45) is 0 Å². The average molecular weight is 226 g/mol. The van der Waals surface area contributed by atoms with Crippen LogP contribution in [-0.2, 0) is 11.2 Å². The van der Waals surface area contributed by atoms with E-state index in [2.05, 4.69) is 9.88 Å². The van der Waals surface area contributed by atoms with Crippen LogP contribution in [0.2, 0.25) is 0 Å². The number of hydrogen-bond donors (Lipinski definition) is 3.